The number of anilines is 3. The molecule has 1 aromatic heterocycles. The molecule has 2 aromatic rings. The van der Waals surface area contributed by atoms with Gasteiger partial charge in [-0.3, -0.25) is 4.79 Å². The van der Waals surface area contributed by atoms with Crippen molar-refractivity contribution < 1.29 is 4.79 Å². The molecular weight excluding hydrogens is 276 g/mol. The summed E-state index contributed by atoms with van der Waals surface area (Å²) in [7, 11) is 0. The minimum absolute atomic E-state index is 0.0484. The fourth-order valence-corrected chi connectivity index (χ4v) is 2.19. The summed E-state index contributed by atoms with van der Waals surface area (Å²) < 4.78 is 0. The van der Waals surface area contributed by atoms with Gasteiger partial charge in [0.25, 0.3) is 0 Å². The van der Waals surface area contributed by atoms with Crippen molar-refractivity contribution >= 4 is 23.1 Å². The minimum Gasteiger partial charge on any atom is -0.340 e. The summed E-state index contributed by atoms with van der Waals surface area (Å²) in [5.74, 6) is 0.787. The maximum Gasteiger partial charge on any atom is 0.224 e. The van der Waals surface area contributed by atoms with Crippen molar-refractivity contribution in [2.75, 3.05) is 10.6 Å². The Kier molecular flexibility index (Phi) is 5.47. The van der Waals surface area contributed by atoms with Crippen molar-refractivity contribution in [3.8, 4) is 0 Å². The minimum atomic E-state index is 0.0484. The second-order valence-electron chi connectivity index (χ2n) is 5.19. The van der Waals surface area contributed by atoms with Gasteiger partial charge in [0.15, 0.2) is 0 Å². The molecule has 0 spiro atoms. The molecule has 0 unspecified atom stereocenters. The summed E-state index contributed by atoms with van der Waals surface area (Å²) in [5, 5.41) is 6.23. The molecule has 5 heteroatoms. The zero-order chi connectivity index (χ0) is 15.9. The Labute approximate surface area is 131 Å². The molecule has 0 saturated heterocycles. The molecule has 1 aromatic carbocycles. The van der Waals surface area contributed by atoms with Crippen LogP contribution in [0.2, 0.25) is 0 Å². The predicted molar refractivity (Wildman–Crippen MR) is 89.4 cm³/mol. The van der Waals surface area contributed by atoms with E-state index >= 15 is 0 Å². The second kappa shape index (κ2) is 7.54. The molecular formula is C17H22N4O. The van der Waals surface area contributed by atoms with Crippen molar-refractivity contribution in [2.24, 2.45) is 0 Å². The van der Waals surface area contributed by atoms with Gasteiger partial charge >= 0.3 is 0 Å². The maximum atomic E-state index is 11.8. The molecule has 0 aliphatic heterocycles. The van der Waals surface area contributed by atoms with Gasteiger partial charge in [0, 0.05) is 29.6 Å². The summed E-state index contributed by atoms with van der Waals surface area (Å²) in [6.07, 6.45) is 3.77. The van der Waals surface area contributed by atoms with E-state index in [1.165, 1.54) is 6.33 Å². The Hall–Kier alpha value is -2.43. The number of hydrogen-bond donors (Lipinski definition) is 2. The number of benzene rings is 1. The topological polar surface area (TPSA) is 66.9 Å². The van der Waals surface area contributed by atoms with Crippen LogP contribution in [0.1, 0.15) is 37.9 Å². The van der Waals surface area contributed by atoms with E-state index in [9.17, 15) is 4.79 Å². The summed E-state index contributed by atoms with van der Waals surface area (Å²) in [4.78, 5) is 20.1. The molecule has 1 heterocycles. The smallest absolute Gasteiger partial charge is 0.224 e. The fourth-order valence-electron chi connectivity index (χ4n) is 2.19. The lowest BCUT2D eigenvalue weighted by Crippen LogP contribution is -2.12. The molecule has 0 aliphatic rings. The van der Waals surface area contributed by atoms with Crippen LogP contribution in [-0.2, 0) is 11.2 Å². The number of nitrogens with zero attached hydrogens (tertiary/aromatic N) is 2. The highest BCUT2D eigenvalue weighted by Crippen LogP contribution is 2.24. The average Bonchev–Trinajstić information content (AvgIpc) is 2.48. The first-order valence-corrected chi connectivity index (χ1v) is 7.60. The molecule has 2 N–H and O–H groups in total. The quantitative estimate of drug-likeness (QED) is 0.850. The second-order valence-corrected chi connectivity index (χ2v) is 5.19. The molecule has 22 heavy (non-hydrogen) atoms. The van der Waals surface area contributed by atoms with Crippen LogP contribution in [0.15, 0.2) is 30.6 Å². The van der Waals surface area contributed by atoms with Crippen LogP contribution in [0.5, 0.6) is 0 Å². The Morgan fingerprint density at radius 1 is 1.18 bits per heavy atom. The van der Waals surface area contributed by atoms with E-state index in [1.807, 2.05) is 38.1 Å². The molecule has 116 valence electrons. The van der Waals surface area contributed by atoms with Crippen molar-refractivity contribution in [1.82, 2.24) is 9.97 Å². The van der Waals surface area contributed by atoms with Gasteiger partial charge in [-0.2, -0.15) is 0 Å². The highest BCUT2D eigenvalue weighted by Gasteiger charge is 2.07. The Bertz CT molecular complexity index is 655. The number of aryl methyl sites for hydroxylation is 2. The fraction of sp³-hybridized carbons (Fsp3) is 0.353. The summed E-state index contributed by atoms with van der Waals surface area (Å²) in [6.45, 7) is 5.99. The number of amides is 1. The summed E-state index contributed by atoms with van der Waals surface area (Å²) in [6, 6.07) is 7.84. The highest BCUT2D eigenvalue weighted by atomic mass is 16.1. The van der Waals surface area contributed by atoms with Crippen molar-refractivity contribution in [3.05, 3.63) is 41.9 Å². The highest BCUT2D eigenvalue weighted by molar-refractivity contribution is 5.92. The van der Waals surface area contributed by atoms with Crippen LogP contribution in [-0.4, -0.2) is 15.9 Å². The third-order valence-electron chi connectivity index (χ3n) is 3.32. The standard InChI is InChI=1S/C17H22N4O/c1-4-6-17(22)21-15-10-14(8-7-13(15)5-2)20-16-9-12(3)18-11-19-16/h7-11H,4-6H2,1-3H3,(H,21,22)(H,18,19,20). The maximum absolute atomic E-state index is 11.8. The van der Waals surface area contributed by atoms with Crippen LogP contribution in [0.4, 0.5) is 17.2 Å². The van der Waals surface area contributed by atoms with Crippen LogP contribution in [0.3, 0.4) is 0 Å². The SMILES string of the molecule is CCCC(=O)Nc1cc(Nc2cc(C)ncn2)ccc1CC. The number of rotatable bonds is 6. The largest absolute Gasteiger partial charge is 0.340 e. The van der Waals surface area contributed by atoms with Crippen LogP contribution in [0, 0.1) is 6.92 Å². The van der Waals surface area contributed by atoms with Gasteiger partial charge in [-0.1, -0.05) is 19.9 Å². The molecule has 0 saturated carbocycles. The molecule has 2 rings (SSSR count). The first-order chi connectivity index (χ1) is 10.6. The number of hydrogen-bond acceptors (Lipinski definition) is 4. The Balaban J connectivity index is 2.20. The summed E-state index contributed by atoms with van der Waals surface area (Å²) >= 11 is 0. The third kappa shape index (κ3) is 4.28. The molecule has 0 bridgehead atoms. The van der Waals surface area contributed by atoms with Crippen molar-refractivity contribution in [3.63, 3.8) is 0 Å². The molecule has 0 aliphatic carbocycles. The van der Waals surface area contributed by atoms with E-state index in [2.05, 4.69) is 27.5 Å². The molecule has 1 amide bonds. The Morgan fingerprint density at radius 2 is 2.00 bits per heavy atom. The van der Waals surface area contributed by atoms with Gasteiger partial charge in [0.1, 0.15) is 12.1 Å². The Morgan fingerprint density at radius 3 is 2.68 bits per heavy atom. The number of carbonyl (C=O) groups excluding carboxylic acids is 1. The third-order valence-corrected chi connectivity index (χ3v) is 3.32. The van der Waals surface area contributed by atoms with E-state index in [0.717, 1.165) is 41.3 Å². The molecule has 0 radical (unpaired) electrons. The van der Waals surface area contributed by atoms with E-state index in [-0.39, 0.29) is 5.91 Å². The van der Waals surface area contributed by atoms with E-state index < -0.39 is 0 Å². The summed E-state index contributed by atoms with van der Waals surface area (Å²) in [5.41, 5.74) is 3.77. The van der Waals surface area contributed by atoms with Gasteiger partial charge in [0.2, 0.25) is 5.91 Å². The lowest BCUT2D eigenvalue weighted by atomic mass is 10.1. The molecule has 0 fully saturated rings. The number of carbonyl (C=O) groups is 1. The van der Waals surface area contributed by atoms with Crippen LogP contribution in [0.25, 0.3) is 0 Å². The van der Waals surface area contributed by atoms with Crippen LogP contribution >= 0.6 is 0 Å². The van der Waals surface area contributed by atoms with Gasteiger partial charge in [0.05, 0.1) is 0 Å². The van der Waals surface area contributed by atoms with Gasteiger partial charge < -0.3 is 10.6 Å². The normalized spacial score (nSPS) is 10.3. The van der Waals surface area contributed by atoms with Crippen LogP contribution < -0.4 is 10.6 Å². The zero-order valence-electron chi connectivity index (χ0n) is 13.3. The van der Waals surface area contributed by atoms with E-state index in [0.29, 0.717) is 6.42 Å². The average molecular weight is 298 g/mol. The number of nitrogens with one attached hydrogen (secondary N) is 2. The monoisotopic (exact) mass is 298 g/mol. The molecule has 5 nitrogen and oxygen atoms in total. The lowest BCUT2D eigenvalue weighted by Gasteiger charge is -2.13. The molecule has 0 atom stereocenters. The number of aromatic nitrogens is 2. The first kappa shape index (κ1) is 15.9. The van der Waals surface area contributed by atoms with E-state index in [1.54, 1.807) is 0 Å². The lowest BCUT2D eigenvalue weighted by molar-refractivity contribution is -0.116. The van der Waals surface area contributed by atoms with Gasteiger partial charge in [-0.05, 0) is 37.5 Å². The van der Waals surface area contributed by atoms with Gasteiger partial charge in [-0.15, -0.1) is 0 Å². The first-order valence-electron chi connectivity index (χ1n) is 7.60. The predicted octanol–water partition coefficient (Wildman–Crippen LogP) is 3.83. The zero-order valence-corrected chi connectivity index (χ0v) is 13.3. The van der Waals surface area contributed by atoms with E-state index in [4.69, 9.17) is 0 Å². The van der Waals surface area contributed by atoms with Crippen molar-refractivity contribution in [2.45, 2.75) is 40.0 Å². The van der Waals surface area contributed by atoms with Gasteiger partial charge in [-0.25, -0.2) is 9.97 Å². The van der Waals surface area contributed by atoms with Crippen molar-refractivity contribution in [1.29, 1.82) is 0 Å².